The third kappa shape index (κ3) is 2.94. The zero-order chi connectivity index (χ0) is 10.4. The summed E-state index contributed by atoms with van der Waals surface area (Å²) in [4.78, 5) is 0. The molecule has 1 aromatic rings. The molecule has 0 bridgehead atoms. The number of benzene rings is 1. The fraction of sp³-hybridized carbons (Fsp3) is 0.182. The molecule has 0 saturated heterocycles. The lowest BCUT2D eigenvalue weighted by Gasteiger charge is -2.03. The monoisotopic (exact) mass is 190 g/mol. The SMILES string of the molecule is COc1ccc(N/C=C(/C)C=N)cc1. The highest BCUT2D eigenvalue weighted by atomic mass is 16.5. The predicted octanol–water partition coefficient (Wildman–Crippen LogP) is 2.66. The van der Waals surface area contributed by atoms with Crippen LogP contribution in [-0.4, -0.2) is 13.3 Å². The van der Waals surface area contributed by atoms with Gasteiger partial charge >= 0.3 is 0 Å². The summed E-state index contributed by atoms with van der Waals surface area (Å²) < 4.78 is 5.04. The van der Waals surface area contributed by atoms with Crippen molar-refractivity contribution in [2.75, 3.05) is 12.4 Å². The summed E-state index contributed by atoms with van der Waals surface area (Å²) in [6.45, 7) is 1.86. The Morgan fingerprint density at radius 3 is 2.50 bits per heavy atom. The maximum atomic E-state index is 6.99. The van der Waals surface area contributed by atoms with Gasteiger partial charge in [-0.3, -0.25) is 0 Å². The highest BCUT2D eigenvalue weighted by Crippen LogP contribution is 2.14. The van der Waals surface area contributed by atoms with Gasteiger partial charge in [-0.1, -0.05) is 0 Å². The molecule has 0 atom stereocenters. The summed E-state index contributed by atoms with van der Waals surface area (Å²) in [6.07, 6.45) is 3.09. The molecule has 1 aromatic carbocycles. The number of nitrogens with one attached hydrogen (secondary N) is 2. The van der Waals surface area contributed by atoms with Crippen LogP contribution in [0.5, 0.6) is 5.75 Å². The van der Waals surface area contributed by atoms with E-state index in [1.54, 1.807) is 13.3 Å². The van der Waals surface area contributed by atoms with Gasteiger partial charge in [-0.2, -0.15) is 0 Å². The standard InChI is InChI=1S/C11H14N2O/c1-9(7-12)8-13-10-3-5-11(14-2)6-4-10/h3-8,12-13H,1-2H3/b9-8-,12-7?. The third-order valence-electron chi connectivity index (χ3n) is 1.78. The van der Waals surface area contributed by atoms with Crippen LogP contribution in [0.4, 0.5) is 5.69 Å². The summed E-state index contributed by atoms with van der Waals surface area (Å²) in [7, 11) is 1.64. The van der Waals surface area contributed by atoms with Crippen LogP contribution in [0.2, 0.25) is 0 Å². The van der Waals surface area contributed by atoms with Crippen molar-refractivity contribution < 1.29 is 4.74 Å². The highest BCUT2D eigenvalue weighted by molar-refractivity contribution is 5.75. The first-order valence-electron chi connectivity index (χ1n) is 4.34. The Kier molecular flexibility index (Phi) is 3.73. The second-order valence-electron chi connectivity index (χ2n) is 2.91. The van der Waals surface area contributed by atoms with Crippen molar-refractivity contribution in [1.29, 1.82) is 5.41 Å². The molecule has 0 amide bonds. The largest absolute Gasteiger partial charge is 0.497 e. The maximum absolute atomic E-state index is 6.99. The molecule has 2 N–H and O–H groups in total. The second kappa shape index (κ2) is 5.07. The van der Waals surface area contributed by atoms with E-state index in [9.17, 15) is 0 Å². The number of ether oxygens (including phenoxy) is 1. The topological polar surface area (TPSA) is 45.1 Å². The van der Waals surface area contributed by atoms with Gasteiger partial charge in [-0.05, 0) is 36.8 Å². The summed E-state index contributed by atoms with van der Waals surface area (Å²) >= 11 is 0. The molecule has 0 unspecified atom stereocenters. The van der Waals surface area contributed by atoms with E-state index < -0.39 is 0 Å². The predicted molar refractivity (Wildman–Crippen MR) is 59.2 cm³/mol. The quantitative estimate of drug-likeness (QED) is 0.717. The normalized spacial score (nSPS) is 10.9. The molecule has 0 aliphatic heterocycles. The van der Waals surface area contributed by atoms with E-state index in [0.29, 0.717) is 0 Å². The lowest BCUT2D eigenvalue weighted by atomic mass is 10.3. The molecule has 0 aliphatic rings. The number of anilines is 1. The van der Waals surface area contributed by atoms with Crippen LogP contribution in [0.15, 0.2) is 36.0 Å². The van der Waals surface area contributed by atoms with Gasteiger partial charge in [-0.25, -0.2) is 0 Å². The van der Waals surface area contributed by atoms with Crippen LogP contribution in [0.3, 0.4) is 0 Å². The molecule has 0 saturated carbocycles. The lowest BCUT2D eigenvalue weighted by molar-refractivity contribution is 0.415. The zero-order valence-electron chi connectivity index (χ0n) is 8.37. The lowest BCUT2D eigenvalue weighted by Crippen LogP contribution is -1.90. The van der Waals surface area contributed by atoms with Gasteiger partial charge in [-0.15, -0.1) is 0 Å². The Balaban J connectivity index is 2.64. The van der Waals surface area contributed by atoms with Crippen LogP contribution < -0.4 is 10.1 Å². The van der Waals surface area contributed by atoms with Gasteiger partial charge < -0.3 is 15.5 Å². The van der Waals surface area contributed by atoms with Crippen LogP contribution in [0, 0.1) is 5.41 Å². The Hall–Kier alpha value is -1.77. The Morgan fingerprint density at radius 2 is 2.00 bits per heavy atom. The van der Waals surface area contributed by atoms with Gasteiger partial charge in [0.1, 0.15) is 5.75 Å². The van der Waals surface area contributed by atoms with E-state index in [1.807, 2.05) is 31.2 Å². The minimum Gasteiger partial charge on any atom is -0.497 e. The number of rotatable bonds is 4. The molecule has 14 heavy (non-hydrogen) atoms. The summed E-state index contributed by atoms with van der Waals surface area (Å²) in [5.41, 5.74) is 1.85. The molecule has 3 heteroatoms. The van der Waals surface area contributed by atoms with Crippen LogP contribution in [0.25, 0.3) is 0 Å². The zero-order valence-corrected chi connectivity index (χ0v) is 8.37. The van der Waals surface area contributed by atoms with Gasteiger partial charge in [0, 0.05) is 18.1 Å². The smallest absolute Gasteiger partial charge is 0.119 e. The summed E-state index contributed by atoms with van der Waals surface area (Å²) in [6, 6.07) is 7.62. The van der Waals surface area contributed by atoms with E-state index in [1.165, 1.54) is 6.21 Å². The van der Waals surface area contributed by atoms with Crippen molar-refractivity contribution in [3.63, 3.8) is 0 Å². The number of methoxy groups -OCH3 is 1. The Bertz CT molecular complexity index is 328. The molecule has 0 heterocycles. The first kappa shape index (κ1) is 10.3. The molecule has 0 aliphatic carbocycles. The Labute approximate surface area is 83.9 Å². The molecule has 0 aromatic heterocycles. The number of allylic oxidation sites excluding steroid dienone is 1. The molecule has 0 radical (unpaired) electrons. The van der Waals surface area contributed by atoms with Gasteiger partial charge in [0.05, 0.1) is 7.11 Å². The molecule has 1 rings (SSSR count). The van der Waals surface area contributed by atoms with E-state index in [-0.39, 0.29) is 0 Å². The van der Waals surface area contributed by atoms with E-state index in [2.05, 4.69) is 5.32 Å². The maximum Gasteiger partial charge on any atom is 0.119 e. The minimum absolute atomic E-state index is 0.836. The van der Waals surface area contributed by atoms with E-state index >= 15 is 0 Å². The molecule has 0 fully saturated rings. The number of hydrogen-bond donors (Lipinski definition) is 2. The molecule has 0 spiro atoms. The van der Waals surface area contributed by atoms with Crippen molar-refractivity contribution in [2.45, 2.75) is 6.92 Å². The van der Waals surface area contributed by atoms with Gasteiger partial charge in [0.2, 0.25) is 0 Å². The van der Waals surface area contributed by atoms with Crippen molar-refractivity contribution in [1.82, 2.24) is 0 Å². The van der Waals surface area contributed by atoms with Crippen molar-refractivity contribution in [3.8, 4) is 5.75 Å². The van der Waals surface area contributed by atoms with Crippen LogP contribution in [0.1, 0.15) is 6.92 Å². The Morgan fingerprint density at radius 1 is 1.36 bits per heavy atom. The average Bonchev–Trinajstić information content (AvgIpc) is 2.26. The third-order valence-corrected chi connectivity index (χ3v) is 1.78. The minimum atomic E-state index is 0.836. The van der Waals surface area contributed by atoms with Gasteiger partial charge in [0.15, 0.2) is 0 Å². The van der Waals surface area contributed by atoms with Gasteiger partial charge in [0.25, 0.3) is 0 Å². The molecular weight excluding hydrogens is 176 g/mol. The van der Waals surface area contributed by atoms with Crippen molar-refractivity contribution >= 4 is 11.9 Å². The average molecular weight is 190 g/mol. The van der Waals surface area contributed by atoms with Crippen molar-refractivity contribution in [2.24, 2.45) is 0 Å². The number of hydrogen-bond acceptors (Lipinski definition) is 3. The molecular formula is C11H14N2O. The second-order valence-corrected chi connectivity index (χ2v) is 2.91. The van der Waals surface area contributed by atoms with Crippen LogP contribution in [-0.2, 0) is 0 Å². The fourth-order valence-corrected chi connectivity index (χ4v) is 0.926. The molecule has 74 valence electrons. The fourth-order valence-electron chi connectivity index (χ4n) is 0.926. The summed E-state index contributed by atoms with van der Waals surface area (Å²) in [5, 5.41) is 10.1. The van der Waals surface area contributed by atoms with E-state index in [0.717, 1.165) is 17.0 Å². The first-order chi connectivity index (χ1) is 6.76. The first-order valence-corrected chi connectivity index (χ1v) is 4.34. The van der Waals surface area contributed by atoms with Crippen molar-refractivity contribution in [3.05, 3.63) is 36.0 Å². The molecule has 3 nitrogen and oxygen atoms in total. The van der Waals surface area contributed by atoms with E-state index in [4.69, 9.17) is 10.1 Å². The van der Waals surface area contributed by atoms with Crippen LogP contribution >= 0.6 is 0 Å². The highest BCUT2D eigenvalue weighted by Gasteiger charge is 1.91. The summed E-state index contributed by atoms with van der Waals surface area (Å²) in [5.74, 6) is 0.836.